The second-order valence-electron chi connectivity index (χ2n) is 14.4. The predicted octanol–water partition coefficient (Wildman–Crippen LogP) is 13.6. The Morgan fingerprint density at radius 1 is 0.630 bits per heavy atom. The Bertz CT molecular complexity index is 1420. The van der Waals surface area contributed by atoms with Crippen LogP contribution in [-0.2, 0) is 17.6 Å². The normalized spacial score (nSPS) is 12.5. The number of rotatable bonds is 21. The molecule has 10 heteroatoms. The van der Waals surface area contributed by atoms with Crippen molar-refractivity contribution in [2.45, 2.75) is 182 Å². The van der Waals surface area contributed by atoms with Crippen LogP contribution < -0.4 is 11.5 Å². The zero-order valence-electron chi connectivity index (χ0n) is 33.1. The lowest BCUT2D eigenvalue weighted by Gasteiger charge is -2.12. The molecule has 3 unspecified atom stereocenters. The van der Waals surface area contributed by atoms with Gasteiger partial charge in [0.1, 0.15) is 11.4 Å². The van der Waals surface area contributed by atoms with E-state index in [1.54, 1.807) is 0 Å². The number of fused-ring (bicyclic) bond motifs is 2. The van der Waals surface area contributed by atoms with Gasteiger partial charge in [0.25, 0.3) is 0 Å². The van der Waals surface area contributed by atoms with Crippen molar-refractivity contribution in [3.05, 3.63) is 34.3 Å². The zero-order valence-corrected chi connectivity index (χ0v) is 36.6. The van der Waals surface area contributed by atoms with Crippen molar-refractivity contribution in [3.63, 3.8) is 0 Å². The first-order chi connectivity index (χ1) is 25.0. The van der Waals surface area contributed by atoms with Crippen molar-refractivity contribution in [1.82, 2.24) is 9.97 Å². The number of aliphatic carboxylic acids is 1. The molecule has 0 aliphatic rings. The molecule has 54 heavy (non-hydrogen) atoms. The molecular formula is C44H78N4O2S4+2. The maximum absolute atomic E-state index is 10.3. The third-order valence-corrected chi connectivity index (χ3v) is 13.2. The van der Waals surface area contributed by atoms with Crippen molar-refractivity contribution in [2.75, 3.05) is 0 Å². The van der Waals surface area contributed by atoms with Gasteiger partial charge in [0.05, 0.1) is 40.2 Å². The molecule has 7 N–H and O–H groups in total. The van der Waals surface area contributed by atoms with Crippen LogP contribution in [0.4, 0.5) is 11.4 Å². The number of unbranched alkanes of at least 4 members (excludes halogenated alkanes) is 3. The lowest BCUT2D eigenvalue weighted by Crippen LogP contribution is -2.43. The Hall–Kier alpha value is -1.69. The van der Waals surface area contributed by atoms with Crippen LogP contribution in [0.2, 0.25) is 0 Å². The van der Waals surface area contributed by atoms with Gasteiger partial charge in [-0.05, 0) is 62.0 Å². The molecule has 0 saturated carbocycles. The summed E-state index contributed by atoms with van der Waals surface area (Å²) in [6, 6.07) is 8.28. The summed E-state index contributed by atoms with van der Waals surface area (Å²) in [6.45, 7) is 13.6. The van der Waals surface area contributed by atoms with E-state index in [9.17, 15) is 4.79 Å². The molecule has 3 atom stereocenters. The summed E-state index contributed by atoms with van der Waals surface area (Å²) >= 11 is 12.1. The van der Waals surface area contributed by atoms with Crippen molar-refractivity contribution in [1.29, 1.82) is 0 Å². The Labute approximate surface area is 348 Å². The van der Waals surface area contributed by atoms with E-state index in [0.717, 1.165) is 58.7 Å². The molecular weight excluding hydrogens is 745 g/mol. The molecule has 2 aromatic heterocycles. The highest BCUT2D eigenvalue weighted by Gasteiger charge is 2.14. The first-order valence-corrected chi connectivity index (χ1v) is 22.6. The highest BCUT2D eigenvalue weighted by Crippen LogP contribution is 2.33. The lowest BCUT2D eigenvalue weighted by molar-refractivity contribution is -0.266. The van der Waals surface area contributed by atoms with E-state index in [1.165, 1.54) is 114 Å². The van der Waals surface area contributed by atoms with Gasteiger partial charge in [-0.15, -0.1) is 47.9 Å². The van der Waals surface area contributed by atoms with E-state index in [4.69, 9.17) is 15.1 Å². The molecule has 0 saturated heterocycles. The Kier molecular flexibility index (Phi) is 28.6. The molecule has 2 heterocycles. The summed E-state index contributed by atoms with van der Waals surface area (Å²) in [5.74, 6) is 1.67. The maximum Gasteiger partial charge on any atom is 0.303 e. The first kappa shape index (κ1) is 52.3. The van der Waals surface area contributed by atoms with Crippen molar-refractivity contribution >= 4 is 85.7 Å². The molecule has 4 aromatic rings. The van der Waals surface area contributed by atoms with Gasteiger partial charge in [0.2, 0.25) is 0 Å². The molecule has 0 bridgehead atoms. The average Bonchev–Trinajstić information content (AvgIpc) is 3.72. The van der Waals surface area contributed by atoms with Crippen LogP contribution in [0.15, 0.2) is 34.1 Å². The summed E-state index contributed by atoms with van der Waals surface area (Å²) in [6.07, 6.45) is 21.4. The van der Waals surface area contributed by atoms with Crippen molar-refractivity contribution in [3.8, 4) is 0 Å². The molecule has 4 rings (SSSR count). The number of benzene rings is 2. The Balaban J connectivity index is 0.000000966. The predicted molar refractivity (Wildman–Crippen MR) is 246 cm³/mol. The van der Waals surface area contributed by atoms with E-state index in [2.05, 4.69) is 90.4 Å². The van der Waals surface area contributed by atoms with Crippen LogP contribution >= 0.6 is 47.9 Å². The van der Waals surface area contributed by atoms with Crippen LogP contribution in [0, 0.1) is 17.8 Å². The van der Waals surface area contributed by atoms with E-state index in [-0.39, 0.29) is 14.9 Å². The molecule has 308 valence electrons. The quantitative estimate of drug-likeness (QED) is 0.0538. The third-order valence-electron chi connectivity index (χ3n) is 10.2. The summed E-state index contributed by atoms with van der Waals surface area (Å²) in [5.41, 5.74) is 11.7. The number of carboxylic acid groups (broad SMARTS) is 1. The van der Waals surface area contributed by atoms with Gasteiger partial charge in [0, 0.05) is 18.6 Å². The van der Waals surface area contributed by atoms with E-state index in [1.807, 2.05) is 34.8 Å². The largest absolute Gasteiger partial charge is 0.481 e. The van der Waals surface area contributed by atoms with Crippen LogP contribution in [-0.4, -0.2) is 21.0 Å². The molecule has 0 aliphatic carbocycles. The van der Waals surface area contributed by atoms with Gasteiger partial charge in [0.15, 0.2) is 0 Å². The van der Waals surface area contributed by atoms with E-state index >= 15 is 0 Å². The molecule has 0 spiro atoms. The van der Waals surface area contributed by atoms with Gasteiger partial charge in [-0.25, -0.2) is 9.97 Å². The average molecular weight is 823 g/mol. The molecule has 6 nitrogen and oxygen atoms in total. The highest BCUT2D eigenvalue weighted by molar-refractivity contribution is 7.81. The van der Waals surface area contributed by atoms with Crippen molar-refractivity contribution < 1.29 is 21.4 Å². The number of carboxylic acids is 1. The fourth-order valence-corrected chi connectivity index (χ4v) is 8.88. The van der Waals surface area contributed by atoms with E-state index < -0.39 is 5.97 Å². The minimum Gasteiger partial charge on any atom is -0.481 e. The fourth-order valence-electron chi connectivity index (χ4n) is 6.44. The second-order valence-corrected chi connectivity index (χ2v) is 17.6. The molecule has 0 aliphatic heterocycles. The van der Waals surface area contributed by atoms with Gasteiger partial charge < -0.3 is 16.6 Å². The molecule has 0 fully saturated rings. The fraction of sp³-hybridized carbons (Fsp3) is 0.659. The number of hydrogen-bond acceptors (Lipinski definition) is 7. The third kappa shape index (κ3) is 19.4. The van der Waals surface area contributed by atoms with E-state index in [0.29, 0.717) is 12.3 Å². The molecule has 0 radical (unpaired) electrons. The Morgan fingerprint density at radius 3 is 1.30 bits per heavy atom. The number of thiol groups is 2. The maximum atomic E-state index is 10.3. The van der Waals surface area contributed by atoms with Crippen LogP contribution in [0.25, 0.3) is 20.4 Å². The Morgan fingerprint density at radius 2 is 0.981 bits per heavy atom. The molecule has 0 amide bonds. The number of hydrogen-bond donors (Lipinski definition) is 5. The SMILES string of the molecule is C.C.CCCCC(CC)CCC(=O)O.CCCCC(CC)CCc1nc2cc3sc(CCC(CC)CCCC)nc3cc2s1.[NH3+]c1cc(S)c([NH3+])cc1S. The number of thiazole rings is 2. The van der Waals surface area contributed by atoms with Gasteiger partial charge >= 0.3 is 5.97 Å². The minimum atomic E-state index is -0.662. The monoisotopic (exact) mass is 822 g/mol. The second kappa shape index (κ2) is 29.5. The summed E-state index contributed by atoms with van der Waals surface area (Å²) in [4.78, 5) is 22.0. The van der Waals surface area contributed by atoms with Crippen LogP contribution in [0.5, 0.6) is 0 Å². The van der Waals surface area contributed by atoms with Gasteiger partial charge in [-0.1, -0.05) is 133 Å². The van der Waals surface area contributed by atoms with Gasteiger partial charge in [-0.2, -0.15) is 0 Å². The topological polar surface area (TPSA) is 118 Å². The lowest BCUT2D eigenvalue weighted by atomic mass is 9.94. The number of aromatic nitrogens is 2. The standard InChI is InChI=1S/C26H40N2S2.C10H20O2.C6H8N2S2.2CH4/c1-5-9-11-19(7-3)13-15-25-27-21-17-24-22(18-23(21)29-25)28-26(30-24)16-14-20(8-4)12-10-6-2;1-3-5-6-9(4-2)7-8-10(11)12;7-3-1-5(9)4(8)2-6(3)10;;/h17-20H,5-16H2,1-4H3;9H,3-8H2,1-2H3,(H,11,12);1-2,9-10H,7-8H2;2*1H4/p+2. The first-order valence-electron chi connectivity index (χ1n) is 20.1. The molecule has 2 aromatic carbocycles. The minimum absolute atomic E-state index is 0. The number of aryl methyl sites for hydroxylation is 2. The van der Waals surface area contributed by atoms with Crippen LogP contribution in [0.1, 0.15) is 169 Å². The number of nitrogens with zero attached hydrogens (tertiary/aromatic N) is 2. The van der Waals surface area contributed by atoms with Gasteiger partial charge in [-0.3, -0.25) is 4.79 Å². The van der Waals surface area contributed by atoms with Crippen molar-refractivity contribution in [2.24, 2.45) is 17.8 Å². The number of carbonyl (C=O) groups is 1. The number of quaternary nitrogens is 2. The zero-order chi connectivity index (χ0) is 38.5. The smallest absolute Gasteiger partial charge is 0.303 e. The summed E-state index contributed by atoms with van der Waals surface area (Å²) in [7, 11) is 0. The highest BCUT2D eigenvalue weighted by atomic mass is 32.1. The van der Waals surface area contributed by atoms with Crippen LogP contribution in [0.3, 0.4) is 0 Å². The summed E-state index contributed by atoms with van der Waals surface area (Å²) < 4.78 is 2.62. The summed E-state index contributed by atoms with van der Waals surface area (Å²) in [5, 5.41) is 11.1.